The number of anilines is 1. The number of hydrogen-bond acceptors (Lipinski definition) is 5. The van der Waals surface area contributed by atoms with Gasteiger partial charge in [-0.15, -0.1) is 0 Å². The van der Waals surface area contributed by atoms with Gasteiger partial charge in [0, 0.05) is 56.8 Å². The summed E-state index contributed by atoms with van der Waals surface area (Å²) < 4.78 is 28.2. The number of piperazine rings is 1. The molecule has 3 rings (SSSR count). The van der Waals surface area contributed by atoms with Crippen molar-refractivity contribution in [3.63, 3.8) is 0 Å². The molecule has 1 heterocycles. The lowest BCUT2D eigenvalue weighted by molar-refractivity contribution is -0.138. The fraction of sp³-hybridized carbons (Fsp3) is 0.636. The number of sulfonamides is 1. The van der Waals surface area contributed by atoms with E-state index in [1.165, 1.54) is 19.1 Å². The van der Waals surface area contributed by atoms with Crippen LogP contribution in [0, 0.1) is 5.92 Å². The number of nitrogens with zero attached hydrogens (tertiary/aromatic N) is 2. The van der Waals surface area contributed by atoms with Gasteiger partial charge in [-0.3, -0.25) is 14.5 Å². The third-order valence-corrected chi connectivity index (χ3v) is 7.78. The Balaban J connectivity index is 1.49. The fourth-order valence-corrected chi connectivity index (χ4v) is 5.69. The summed E-state index contributed by atoms with van der Waals surface area (Å²) in [5.74, 6) is 0.00315. The van der Waals surface area contributed by atoms with Crippen molar-refractivity contribution in [2.75, 3.05) is 31.5 Å². The predicted octanol–water partition coefficient (Wildman–Crippen LogP) is 2.03. The zero-order chi connectivity index (χ0) is 22.6. The predicted molar refractivity (Wildman–Crippen MR) is 120 cm³/mol. The van der Waals surface area contributed by atoms with Gasteiger partial charge in [0.15, 0.2) is 0 Å². The van der Waals surface area contributed by atoms with Crippen molar-refractivity contribution in [1.29, 1.82) is 0 Å². The average Bonchev–Trinajstić information content (AvgIpc) is 2.73. The fourth-order valence-electron chi connectivity index (χ4n) is 4.38. The minimum atomic E-state index is -3.64. The van der Waals surface area contributed by atoms with Gasteiger partial charge in [0.1, 0.15) is 0 Å². The van der Waals surface area contributed by atoms with Crippen LogP contribution in [-0.2, 0) is 19.6 Å². The number of benzene rings is 1. The van der Waals surface area contributed by atoms with Gasteiger partial charge in [-0.05, 0) is 63.8 Å². The molecule has 0 bridgehead atoms. The van der Waals surface area contributed by atoms with Crippen molar-refractivity contribution in [1.82, 2.24) is 14.5 Å². The van der Waals surface area contributed by atoms with E-state index in [1.807, 2.05) is 4.90 Å². The second-order valence-corrected chi connectivity index (χ2v) is 10.5. The Morgan fingerprint density at radius 1 is 0.968 bits per heavy atom. The third kappa shape index (κ3) is 6.27. The molecule has 2 N–H and O–H groups in total. The van der Waals surface area contributed by atoms with Gasteiger partial charge in [-0.25, -0.2) is 13.1 Å². The smallest absolute Gasteiger partial charge is 0.240 e. The molecule has 2 fully saturated rings. The maximum Gasteiger partial charge on any atom is 0.240 e. The van der Waals surface area contributed by atoms with Crippen molar-refractivity contribution in [3.05, 3.63) is 24.3 Å². The number of hydrogen-bond donors (Lipinski definition) is 2. The first kappa shape index (κ1) is 23.7. The number of carbonyl (C=O) groups excluding carboxylic acids is 2. The van der Waals surface area contributed by atoms with E-state index in [1.54, 1.807) is 12.1 Å². The molecule has 0 radical (unpaired) electrons. The molecule has 1 saturated carbocycles. The second kappa shape index (κ2) is 10.1. The van der Waals surface area contributed by atoms with Crippen LogP contribution >= 0.6 is 0 Å². The Bertz CT molecular complexity index is 869. The van der Waals surface area contributed by atoms with Crippen molar-refractivity contribution < 1.29 is 18.0 Å². The summed E-state index contributed by atoms with van der Waals surface area (Å²) in [5.41, 5.74) is 0.555. The number of amides is 2. The molecule has 31 heavy (non-hydrogen) atoms. The number of rotatable bonds is 6. The van der Waals surface area contributed by atoms with Gasteiger partial charge < -0.3 is 10.2 Å². The molecule has 0 spiro atoms. The van der Waals surface area contributed by atoms with Crippen LogP contribution in [0.25, 0.3) is 0 Å². The molecule has 0 atom stereocenters. The molecule has 1 aromatic carbocycles. The van der Waals surface area contributed by atoms with Crippen LogP contribution in [-0.4, -0.2) is 68.3 Å². The van der Waals surface area contributed by atoms with E-state index in [9.17, 15) is 18.0 Å². The quantitative estimate of drug-likeness (QED) is 0.691. The zero-order valence-corrected chi connectivity index (χ0v) is 19.5. The molecule has 2 amide bonds. The molecule has 1 aliphatic heterocycles. The topological polar surface area (TPSA) is 98.8 Å². The Labute approximate surface area is 185 Å². The largest absolute Gasteiger partial charge is 0.340 e. The van der Waals surface area contributed by atoms with Crippen LogP contribution < -0.4 is 10.0 Å². The molecule has 8 nitrogen and oxygen atoms in total. The van der Waals surface area contributed by atoms with Crippen LogP contribution in [0.3, 0.4) is 0 Å². The van der Waals surface area contributed by atoms with Gasteiger partial charge in [0.2, 0.25) is 21.8 Å². The highest BCUT2D eigenvalue weighted by Crippen LogP contribution is 2.28. The molecular formula is C22H34N4O4S. The Morgan fingerprint density at radius 3 is 2.06 bits per heavy atom. The summed E-state index contributed by atoms with van der Waals surface area (Å²) in [6.07, 6.45) is 2.73. The average molecular weight is 451 g/mol. The Kier molecular flexibility index (Phi) is 7.72. The van der Waals surface area contributed by atoms with E-state index in [-0.39, 0.29) is 28.7 Å². The zero-order valence-electron chi connectivity index (χ0n) is 18.6. The van der Waals surface area contributed by atoms with Crippen molar-refractivity contribution in [2.24, 2.45) is 5.92 Å². The molecule has 1 aromatic rings. The molecule has 1 aliphatic carbocycles. The summed E-state index contributed by atoms with van der Waals surface area (Å²) in [6, 6.07) is 6.46. The summed E-state index contributed by atoms with van der Waals surface area (Å²) in [6.45, 7) is 9.14. The van der Waals surface area contributed by atoms with Crippen LogP contribution in [0.2, 0.25) is 0 Å². The van der Waals surface area contributed by atoms with E-state index < -0.39 is 10.0 Å². The van der Waals surface area contributed by atoms with Crippen molar-refractivity contribution in [2.45, 2.75) is 63.4 Å². The van der Waals surface area contributed by atoms with Crippen LogP contribution in [0.4, 0.5) is 5.69 Å². The SMILES string of the molecule is CC(=O)Nc1ccc(S(=O)(=O)N[C@H]2CC[C@H](C(=O)N3CCN(C(C)C)CC3)CC2)cc1. The minimum absolute atomic E-state index is 0.0108. The first-order valence-electron chi connectivity index (χ1n) is 11.1. The van der Waals surface area contributed by atoms with E-state index in [0.717, 1.165) is 26.2 Å². The molecule has 0 unspecified atom stereocenters. The Morgan fingerprint density at radius 2 is 1.55 bits per heavy atom. The number of nitrogens with one attached hydrogen (secondary N) is 2. The molecule has 1 saturated heterocycles. The molecule has 0 aromatic heterocycles. The van der Waals surface area contributed by atoms with E-state index in [4.69, 9.17) is 0 Å². The van der Waals surface area contributed by atoms with Crippen LogP contribution in [0.15, 0.2) is 29.2 Å². The van der Waals surface area contributed by atoms with Gasteiger partial charge in [0.25, 0.3) is 0 Å². The highest BCUT2D eigenvalue weighted by molar-refractivity contribution is 7.89. The lowest BCUT2D eigenvalue weighted by atomic mass is 9.85. The van der Waals surface area contributed by atoms with Gasteiger partial charge in [-0.2, -0.15) is 0 Å². The van der Waals surface area contributed by atoms with Crippen LogP contribution in [0.5, 0.6) is 0 Å². The normalized spacial score (nSPS) is 23.0. The van der Waals surface area contributed by atoms with Gasteiger partial charge in [-0.1, -0.05) is 0 Å². The standard InChI is InChI=1S/C22H34N4O4S/c1-16(2)25-12-14-26(15-13-25)22(28)18-4-6-20(7-5-18)24-31(29,30)21-10-8-19(9-11-21)23-17(3)27/h8-11,16,18,20,24H,4-7,12-15H2,1-3H3,(H,23,27)/t18-,20-. The van der Waals surface area contributed by atoms with E-state index in [2.05, 4.69) is 28.8 Å². The monoisotopic (exact) mass is 450 g/mol. The number of carbonyl (C=O) groups is 2. The summed E-state index contributed by atoms with van der Waals surface area (Å²) >= 11 is 0. The highest BCUT2D eigenvalue weighted by atomic mass is 32.2. The first-order chi connectivity index (χ1) is 14.7. The third-order valence-electron chi connectivity index (χ3n) is 6.24. The Hall–Kier alpha value is -1.97. The van der Waals surface area contributed by atoms with Gasteiger partial charge in [0.05, 0.1) is 4.90 Å². The maximum absolute atomic E-state index is 12.9. The molecular weight excluding hydrogens is 416 g/mol. The van der Waals surface area contributed by atoms with E-state index in [0.29, 0.717) is 37.4 Å². The summed E-state index contributed by atoms with van der Waals surface area (Å²) in [4.78, 5) is 28.5. The molecule has 9 heteroatoms. The lowest BCUT2D eigenvalue weighted by Crippen LogP contribution is -2.52. The summed E-state index contributed by atoms with van der Waals surface area (Å²) in [5, 5.41) is 2.62. The maximum atomic E-state index is 12.9. The van der Waals surface area contributed by atoms with Crippen molar-refractivity contribution >= 4 is 27.5 Å². The second-order valence-electron chi connectivity index (χ2n) is 8.83. The highest BCUT2D eigenvalue weighted by Gasteiger charge is 2.32. The molecule has 172 valence electrons. The first-order valence-corrected chi connectivity index (χ1v) is 12.6. The summed E-state index contributed by atoms with van der Waals surface area (Å²) in [7, 11) is -3.64. The molecule has 2 aliphatic rings. The van der Waals surface area contributed by atoms with Crippen molar-refractivity contribution in [3.8, 4) is 0 Å². The van der Waals surface area contributed by atoms with Crippen LogP contribution in [0.1, 0.15) is 46.5 Å². The minimum Gasteiger partial charge on any atom is -0.340 e. The lowest BCUT2D eigenvalue weighted by Gasteiger charge is -2.39. The van der Waals surface area contributed by atoms with E-state index >= 15 is 0 Å². The van der Waals surface area contributed by atoms with Gasteiger partial charge >= 0.3 is 0 Å².